The molecule has 2 aliphatic rings. The molecule has 1 aromatic carbocycles. The molecule has 1 aromatic rings. The maximum absolute atomic E-state index is 12.6. The molecule has 22 heavy (non-hydrogen) atoms. The third kappa shape index (κ3) is 2.25. The van der Waals surface area contributed by atoms with Gasteiger partial charge in [0.2, 0.25) is 0 Å². The SMILES string of the molecule is COCCN1C(=O)/C(=C2/C(=O)N(C)c3ccccc32)SC1=S. The van der Waals surface area contributed by atoms with Gasteiger partial charge < -0.3 is 9.64 Å². The van der Waals surface area contributed by atoms with Gasteiger partial charge in [0.15, 0.2) is 0 Å². The summed E-state index contributed by atoms with van der Waals surface area (Å²) < 4.78 is 5.46. The third-order valence-electron chi connectivity index (χ3n) is 3.65. The van der Waals surface area contributed by atoms with E-state index in [2.05, 4.69) is 0 Å². The van der Waals surface area contributed by atoms with Gasteiger partial charge in [-0.3, -0.25) is 14.5 Å². The minimum Gasteiger partial charge on any atom is -0.383 e. The van der Waals surface area contributed by atoms with Gasteiger partial charge in [0, 0.05) is 19.7 Å². The number of ether oxygens (including phenoxy) is 1. The number of thioether (sulfide) groups is 1. The van der Waals surface area contributed by atoms with Crippen molar-refractivity contribution in [1.82, 2.24) is 4.90 Å². The monoisotopic (exact) mass is 334 g/mol. The number of fused-ring (bicyclic) bond motifs is 1. The van der Waals surface area contributed by atoms with Crippen LogP contribution in [-0.4, -0.2) is 48.3 Å². The molecule has 1 saturated heterocycles. The fraction of sp³-hybridized carbons (Fsp3) is 0.267. The van der Waals surface area contributed by atoms with E-state index < -0.39 is 0 Å². The number of anilines is 1. The van der Waals surface area contributed by atoms with Crippen molar-refractivity contribution in [1.29, 1.82) is 0 Å². The van der Waals surface area contributed by atoms with Crippen LogP contribution in [0.25, 0.3) is 5.57 Å². The molecular formula is C15H14N2O3S2. The van der Waals surface area contributed by atoms with Crippen LogP contribution in [0.3, 0.4) is 0 Å². The highest BCUT2D eigenvalue weighted by Crippen LogP contribution is 2.43. The lowest BCUT2D eigenvalue weighted by Gasteiger charge is -2.13. The predicted octanol–water partition coefficient (Wildman–Crippen LogP) is 1.88. The topological polar surface area (TPSA) is 49.9 Å². The molecule has 0 N–H and O–H groups in total. The molecule has 0 aromatic heterocycles. The molecule has 114 valence electrons. The first-order chi connectivity index (χ1) is 10.6. The van der Waals surface area contributed by atoms with Gasteiger partial charge in [0.25, 0.3) is 11.8 Å². The van der Waals surface area contributed by atoms with Gasteiger partial charge in [-0.25, -0.2) is 0 Å². The van der Waals surface area contributed by atoms with E-state index >= 15 is 0 Å². The van der Waals surface area contributed by atoms with E-state index in [1.54, 1.807) is 19.1 Å². The first kappa shape index (κ1) is 15.2. The van der Waals surface area contributed by atoms with Gasteiger partial charge in [-0.05, 0) is 6.07 Å². The highest BCUT2D eigenvalue weighted by atomic mass is 32.2. The summed E-state index contributed by atoms with van der Waals surface area (Å²) in [5.41, 5.74) is 2.03. The Labute approximate surface area is 137 Å². The Bertz CT molecular complexity index is 714. The Hall–Kier alpha value is -1.70. The first-order valence-electron chi connectivity index (χ1n) is 6.70. The molecule has 0 saturated carbocycles. The number of methoxy groups -OCH3 is 1. The highest BCUT2D eigenvalue weighted by molar-refractivity contribution is 8.26. The number of hydrogen-bond acceptors (Lipinski definition) is 5. The summed E-state index contributed by atoms with van der Waals surface area (Å²) in [6.07, 6.45) is 0. The number of thiocarbonyl (C=S) groups is 1. The molecule has 1 fully saturated rings. The summed E-state index contributed by atoms with van der Waals surface area (Å²) in [6, 6.07) is 7.45. The van der Waals surface area contributed by atoms with Crippen molar-refractivity contribution in [3.8, 4) is 0 Å². The van der Waals surface area contributed by atoms with Crippen LogP contribution in [0.4, 0.5) is 5.69 Å². The van der Waals surface area contributed by atoms with Crippen molar-refractivity contribution in [2.24, 2.45) is 0 Å². The van der Waals surface area contributed by atoms with E-state index in [0.29, 0.717) is 28.0 Å². The summed E-state index contributed by atoms with van der Waals surface area (Å²) in [5.74, 6) is -0.394. The number of hydrogen-bond donors (Lipinski definition) is 0. The molecule has 0 unspecified atom stereocenters. The summed E-state index contributed by atoms with van der Waals surface area (Å²) in [4.78, 5) is 28.6. The van der Waals surface area contributed by atoms with Gasteiger partial charge in [0.05, 0.1) is 29.3 Å². The summed E-state index contributed by atoms with van der Waals surface area (Å²) in [6.45, 7) is 0.795. The zero-order valence-electron chi connectivity index (χ0n) is 12.2. The Morgan fingerprint density at radius 1 is 1.23 bits per heavy atom. The minimum absolute atomic E-state index is 0.173. The van der Waals surface area contributed by atoms with E-state index in [0.717, 1.165) is 11.3 Å². The molecule has 0 bridgehead atoms. The average Bonchev–Trinajstić information content (AvgIpc) is 2.93. The van der Waals surface area contributed by atoms with Crippen LogP contribution in [0.15, 0.2) is 29.2 Å². The van der Waals surface area contributed by atoms with Crippen molar-refractivity contribution in [3.05, 3.63) is 34.7 Å². The molecule has 0 radical (unpaired) electrons. The van der Waals surface area contributed by atoms with Crippen molar-refractivity contribution in [3.63, 3.8) is 0 Å². The average molecular weight is 334 g/mol. The largest absolute Gasteiger partial charge is 0.383 e. The second kappa shape index (κ2) is 5.83. The van der Waals surface area contributed by atoms with Crippen molar-refractivity contribution in [2.75, 3.05) is 32.2 Å². The van der Waals surface area contributed by atoms with Crippen molar-refractivity contribution in [2.45, 2.75) is 0 Å². The Balaban J connectivity index is 2.06. The van der Waals surface area contributed by atoms with E-state index in [-0.39, 0.29) is 11.8 Å². The number of benzene rings is 1. The van der Waals surface area contributed by atoms with Crippen LogP contribution in [0.2, 0.25) is 0 Å². The second-order valence-electron chi connectivity index (χ2n) is 4.90. The summed E-state index contributed by atoms with van der Waals surface area (Å²) >= 11 is 6.45. The number of rotatable bonds is 3. The van der Waals surface area contributed by atoms with Gasteiger partial charge >= 0.3 is 0 Å². The zero-order chi connectivity index (χ0) is 15.9. The number of amides is 2. The van der Waals surface area contributed by atoms with E-state index in [1.807, 2.05) is 24.3 Å². The smallest absolute Gasteiger partial charge is 0.267 e. The van der Waals surface area contributed by atoms with Crippen LogP contribution in [0.5, 0.6) is 0 Å². The number of nitrogens with zero attached hydrogens (tertiary/aromatic N) is 2. The molecule has 2 heterocycles. The minimum atomic E-state index is -0.222. The normalized spacial score (nSPS) is 21.1. The van der Waals surface area contributed by atoms with Gasteiger partial charge in [-0.2, -0.15) is 0 Å². The molecule has 5 nitrogen and oxygen atoms in total. The molecule has 2 aliphatic heterocycles. The fourth-order valence-corrected chi connectivity index (χ4v) is 3.89. The van der Waals surface area contributed by atoms with Gasteiger partial charge in [0.1, 0.15) is 4.32 Å². The van der Waals surface area contributed by atoms with Gasteiger partial charge in [-0.1, -0.05) is 42.2 Å². The summed E-state index contributed by atoms with van der Waals surface area (Å²) in [5, 5.41) is 0. The molecule has 2 amide bonds. The van der Waals surface area contributed by atoms with Crippen LogP contribution >= 0.6 is 24.0 Å². The van der Waals surface area contributed by atoms with Crippen molar-refractivity contribution >= 4 is 51.4 Å². The Kier molecular flexibility index (Phi) is 4.03. The lowest BCUT2D eigenvalue weighted by atomic mass is 10.1. The van der Waals surface area contributed by atoms with Gasteiger partial charge in [-0.15, -0.1) is 0 Å². The lowest BCUT2D eigenvalue weighted by Crippen LogP contribution is -2.31. The van der Waals surface area contributed by atoms with E-state index in [4.69, 9.17) is 17.0 Å². The molecule has 0 atom stereocenters. The highest BCUT2D eigenvalue weighted by Gasteiger charge is 2.40. The second-order valence-corrected chi connectivity index (χ2v) is 6.55. The van der Waals surface area contributed by atoms with Crippen LogP contribution in [0, 0.1) is 0 Å². The lowest BCUT2D eigenvalue weighted by molar-refractivity contribution is -0.122. The van der Waals surface area contributed by atoms with Crippen LogP contribution in [-0.2, 0) is 14.3 Å². The Morgan fingerprint density at radius 3 is 2.68 bits per heavy atom. The predicted molar refractivity (Wildman–Crippen MR) is 90.6 cm³/mol. The summed E-state index contributed by atoms with van der Waals surface area (Å²) in [7, 11) is 3.28. The standard InChI is InChI=1S/C15H14N2O3S2/c1-16-10-6-4-3-5-9(10)11(13(16)18)12-14(19)17(7-8-20-2)15(21)22-12/h3-6H,7-8H2,1-2H3/b12-11-. The third-order valence-corrected chi connectivity index (χ3v) is 5.10. The first-order valence-corrected chi connectivity index (χ1v) is 7.93. The number of para-hydroxylation sites is 1. The maximum Gasteiger partial charge on any atom is 0.267 e. The molecule has 3 rings (SSSR count). The van der Waals surface area contributed by atoms with Crippen LogP contribution < -0.4 is 4.90 Å². The van der Waals surface area contributed by atoms with Crippen molar-refractivity contribution < 1.29 is 14.3 Å². The quantitative estimate of drug-likeness (QED) is 0.624. The number of carbonyl (C=O) groups is 2. The number of likely N-dealkylation sites (N-methyl/N-ethyl adjacent to an activating group) is 1. The fourth-order valence-electron chi connectivity index (χ4n) is 2.51. The zero-order valence-corrected chi connectivity index (χ0v) is 13.8. The number of carbonyl (C=O) groups excluding carboxylic acids is 2. The molecule has 7 heteroatoms. The Morgan fingerprint density at radius 2 is 1.95 bits per heavy atom. The molecular weight excluding hydrogens is 320 g/mol. The molecule has 0 aliphatic carbocycles. The molecule has 0 spiro atoms. The van der Waals surface area contributed by atoms with Crippen LogP contribution in [0.1, 0.15) is 5.56 Å². The maximum atomic E-state index is 12.6. The van der Waals surface area contributed by atoms with E-state index in [9.17, 15) is 9.59 Å². The van der Waals surface area contributed by atoms with E-state index in [1.165, 1.54) is 16.7 Å².